The normalized spacial score (nSPS) is 25.1. The zero-order chi connectivity index (χ0) is 19.7. The Hall–Kier alpha value is -0.780. The van der Waals surface area contributed by atoms with Gasteiger partial charge in [-0.2, -0.15) is 0 Å². The van der Waals surface area contributed by atoms with Crippen molar-refractivity contribution in [2.45, 2.75) is 29.0 Å². The number of benzene rings is 2. The molecule has 0 spiro atoms. The van der Waals surface area contributed by atoms with Gasteiger partial charge in [-0.15, -0.1) is 0 Å². The minimum atomic E-state index is -1.13. The molecule has 28 heavy (non-hydrogen) atoms. The summed E-state index contributed by atoms with van der Waals surface area (Å²) in [6.07, 6.45) is 1.54. The number of alkyl halides is 4. The summed E-state index contributed by atoms with van der Waals surface area (Å²) in [7, 11) is 0. The van der Waals surface area contributed by atoms with Crippen LogP contribution in [0.4, 0.5) is 0 Å². The summed E-state index contributed by atoms with van der Waals surface area (Å²) in [5.74, 6) is -0.770. The average Bonchev–Trinajstić information content (AvgIpc) is 2.81. The molecule has 2 atom stereocenters. The Kier molecular flexibility index (Phi) is 6.24. The first-order valence-electron chi connectivity index (χ1n) is 9.43. The Labute approximate surface area is 185 Å². The van der Waals surface area contributed by atoms with Crippen molar-refractivity contribution in [3.63, 3.8) is 0 Å². The van der Waals surface area contributed by atoms with Crippen LogP contribution in [0.15, 0.2) is 36.4 Å². The maximum atomic E-state index is 13.0. The van der Waals surface area contributed by atoms with E-state index in [1.165, 1.54) is 4.43 Å². The molecule has 0 bridgehead atoms. The van der Waals surface area contributed by atoms with E-state index in [-0.39, 0.29) is 39.6 Å². The zero-order valence-corrected chi connectivity index (χ0v) is 19.7. The average molecular weight is 607 g/mol. The van der Waals surface area contributed by atoms with Crippen LogP contribution in [-0.2, 0) is 0 Å². The van der Waals surface area contributed by atoms with Crippen LogP contribution in [0.5, 0.6) is 0 Å². The van der Waals surface area contributed by atoms with Gasteiger partial charge in [0.1, 0.15) is 0 Å². The van der Waals surface area contributed by atoms with Crippen LogP contribution in [0.3, 0.4) is 0 Å². The van der Waals surface area contributed by atoms with Crippen LogP contribution in [0, 0.1) is 0 Å². The van der Waals surface area contributed by atoms with Gasteiger partial charge in [0, 0.05) is 0 Å². The maximum absolute atomic E-state index is 13.0. The summed E-state index contributed by atoms with van der Waals surface area (Å²) >= 11 is -0.395. The molecule has 2 aliphatic heterocycles. The first-order chi connectivity index (χ1) is 13.5. The van der Waals surface area contributed by atoms with Crippen molar-refractivity contribution in [1.29, 1.82) is 0 Å². The third kappa shape index (κ3) is 3.82. The Balaban J connectivity index is 1.61. The first-order valence-corrected chi connectivity index (χ1v) is 15.1. The number of rotatable bonds is 3. The number of β-amino-alcohol motifs (C(OH)–C–C–N with tert-alkyl or cyclic N) is 1. The summed E-state index contributed by atoms with van der Waals surface area (Å²) in [6.45, 7) is -0.145. The van der Waals surface area contributed by atoms with Gasteiger partial charge in [-0.3, -0.25) is 0 Å². The van der Waals surface area contributed by atoms with E-state index in [9.17, 15) is 19.8 Å². The van der Waals surface area contributed by atoms with E-state index < -0.39 is 30.9 Å². The van der Waals surface area contributed by atoms with Gasteiger partial charge in [0.15, 0.2) is 0 Å². The molecule has 0 radical (unpaired) electrons. The Morgan fingerprint density at radius 2 is 1.64 bits per heavy atom. The van der Waals surface area contributed by atoms with E-state index >= 15 is 0 Å². The quantitative estimate of drug-likeness (QED) is 0.211. The molecule has 4 rings (SSSR count). The fourth-order valence-corrected chi connectivity index (χ4v) is 10.8. The van der Waals surface area contributed by atoms with Crippen LogP contribution in [0.1, 0.15) is 40.0 Å². The minimum absolute atomic E-state index is 0.145. The molecule has 152 valence electrons. The fourth-order valence-electron chi connectivity index (χ4n) is 3.76. The summed E-state index contributed by atoms with van der Waals surface area (Å²) in [5.41, 5.74) is 0.974. The number of nitrogens with zero attached hydrogens (tertiary/aromatic N) is 1. The molecule has 1 fully saturated rings. The second kappa shape index (κ2) is 8.53. The second-order valence-electron chi connectivity index (χ2n) is 7.11. The second-order valence-corrected chi connectivity index (χ2v) is 14.1. The molecule has 2 aromatic rings. The summed E-state index contributed by atoms with van der Waals surface area (Å²) < 4.78 is 2.30. The number of carbonyl (C=O) groups is 2. The van der Waals surface area contributed by atoms with Crippen LogP contribution in [0.25, 0.3) is 10.8 Å². The predicted octanol–water partition coefficient (Wildman–Crippen LogP) is -4.15. The number of halogens is 2. The number of hydrogen-bond acceptors (Lipinski definition) is 4. The van der Waals surface area contributed by atoms with E-state index in [1.54, 1.807) is 12.1 Å². The van der Waals surface area contributed by atoms with E-state index in [0.29, 0.717) is 22.9 Å². The summed E-state index contributed by atoms with van der Waals surface area (Å²) in [5, 5.41) is 23.6. The molecule has 0 saturated carbocycles. The molecule has 2 aliphatic rings. The number of imide groups is 1. The topological polar surface area (TPSA) is 77.8 Å². The molecule has 2 unspecified atom stereocenters. The molecule has 2 aromatic carbocycles. The zero-order valence-electron chi connectivity index (χ0n) is 15.4. The van der Waals surface area contributed by atoms with E-state index in [1.807, 2.05) is 24.3 Å². The standard InChI is InChI=1S/C21H23I2NO4/c25-17(21(28)9-3-10-22-11-4-12-23-21)13-24-19(26)15-7-1-5-14-6-2-8-16(18(14)15)20(24)27/h1-2,5-8,17,25,28H,3-4,9-13H2/q-2. The van der Waals surface area contributed by atoms with Gasteiger partial charge in [0.05, 0.1) is 0 Å². The van der Waals surface area contributed by atoms with E-state index in [0.717, 1.165) is 32.0 Å². The van der Waals surface area contributed by atoms with Crippen molar-refractivity contribution in [1.82, 2.24) is 4.90 Å². The van der Waals surface area contributed by atoms with Crippen molar-refractivity contribution in [2.75, 3.05) is 19.8 Å². The molecule has 5 nitrogen and oxygen atoms in total. The van der Waals surface area contributed by atoms with Gasteiger partial charge in [-0.05, 0) is 0 Å². The molecule has 7 heteroatoms. The SMILES string of the molecule is O=C1c2cccc3cccc(c23)C(=O)N1CC(O)C1(O)CCC[I-]CCC[I-]1. The number of hydrogen-bond donors (Lipinski definition) is 2. The molecule has 0 aliphatic carbocycles. The van der Waals surface area contributed by atoms with Crippen molar-refractivity contribution < 1.29 is 62.2 Å². The molecule has 0 aromatic heterocycles. The van der Waals surface area contributed by atoms with Crippen molar-refractivity contribution >= 4 is 22.6 Å². The number of amides is 2. The molecular formula is C21H23I2NO4-2. The molecule has 2 N–H and O–H groups in total. The van der Waals surface area contributed by atoms with Crippen LogP contribution in [0.2, 0.25) is 0 Å². The summed E-state index contributed by atoms with van der Waals surface area (Å²) in [6, 6.07) is 10.9. The Morgan fingerprint density at radius 3 is 2.32 bits per heavy atom. The van der Waals surface area contributed by atoms with Gasteiger partial charge in [0.2, 0.25) is 0 Å². The molecular weight excluding hydrogens is 584 g/mol. The monoisotopic (exact) mass is 607 g/mol. The van der Waals surface area contributed by atoms with Crippen molar-refractivity contribution in [3.8, 4) is 0 Å². The van der Waals surface area contributed by atoms with Gasteiger partial charge in [0.25, 0.3) is 0 Å². The molecule has 2 heterocycles. The summed E-state index contributed by atoms with van der Waals surface area (Å²) in [4.78, 5) is 27.2. The molecule has 2 amide bonds. The van der Waals surface area contributed by atoms with Gasteiger partial charge < -0.3 is 0 Å². The number of carbonyl (C=O) groups excluding carboxylic acids is 2. The third-order valence-corrected chi connectivity index (χ3v) is 12.2. The van der Waals surface area contributed by atoms with Crippen molar-refractivity contribution in [3.05, 3.63) is 47.5 Å². The third-order valence-electron chi connectivity index (χ3n) is 5.24. The fraction of sp³-hybridized carbons (Fsp3) is 0.429. The van der Waals surface area contributed by atoms with Gasteiger partial charge in [-0.1, -0.05) is 0 Å². The number of aliphatic hydroxyl groups excluding tert-OH is 1. The molecule has 1 saturated heterocycles. The van der Waals surface area contributed by atoms with Crippen LogP contribution in [-0.4, -0.2) is 56.5 Å². The number of aliphatic hydroxyl groups is 2. The predicted molar refractivity (Wildman–Crippen MR) is 98.7 cm³/mol. The van der Waals surface area contributed by atoms with Crippen LogP contribution >= 0.6 is 0 Å². The van der Waals surface area contributed by atoms with Crippen molar-refractivity contribution in [2.24, 2.45) is 0 Å². The van der Waals surface area contributed by atoms with E-state index in [2.05, 4.69) is 0 Å². The van der Waals surface area contributed by atoms with Gasteiger partial charge in [-0.25, -0.2) is 0 Å². The Bertz CT molecular complexity index is 856. The van der Waals surface area contributed by atoms with E-state index in [4.69, 9.17) is 0 Å². The first kappa shape index (κ1) is 20.5. The Morgan fingerprint density at radius 1 is 1.00 bits per heavy atom. The van der Waals surface area contributed by atoms with Gasteiger partial charge >= 0.3 is 186 Å². The van der Waals surface area contributed by atoms with Crippen LogP contribution < -0.4 is 42.4 Å².